The molecule has 2 aromatic rings. The lowest BCUT2D eigenvalue weighted by atomic mass is 9.93. The van der Waals surface area contributed by atoms with Crippen LogP contribution in [0.15, 0.2) is 29.9 Å². The number of rotatable bonds is 5. The van der Waals surface area contributed by atoms with Gasteiger partial charge >= 0.3 is 12.1 Å². The summed E-state index contributed by atoms with van der Waals surface area (Å²) in [6.45, 7) is 4.31. The van der Waals surface area contributed by atoms with Crippen molar-refractivity contribution in [1.82, 2.24) is 19.8 Å². The molecule has 0 saturated carbocycles. The standard InChI is InChI=1S/C17H22N4O2S.C2HF3O2/c1-20-5-2-3-14(20)17(22)19-7-12-11-23-15-9-21(8-13(12)15)10-16-18-4-6-24-16;3-2(4,5)1(6)7/h2-6,12-13,15H,7-11H2,1H3,(H,19,22);(H,6,7)/t12-,13+,15+;/m0./s1. The lowest BCUT2D eigenvalue weighted by Gasteiger charge is -2.19. The van der Waals surface area contributed by atoms with Crippen molar-refractivity contribution in [1.29, 1.82) is 0 Å². The van der Waals surface area contributed by atoms with E-state index in [1.165, 1.54) is 0 Å². The van der Waals surface area contributed by atoms with Crippen molar-refractivity contribution in [3.05, 3.63) is 40.6 Å². The quantitative estimate of drug-likeness (QED) is 0.709. The minimum Gasteiger partial charge on any atom is -0.475 e. The normalized spacial score (nSPS) is 23.2. The summed E-state index contributed by atoms with van der Waals surface area (Å²) in [5.74, 6) is -1.88. The Morgan fingerprint density at radius 2 is 2.13 bits per heavy atom. The van der Waals surface area contributed by atoms with Crippen LogP contribution in [-0.2, 0) is 23.1 Å². The first-order valence-electron chi connectivity index (χ1n) is 9.57. The number of hydrogen-bond acceptors (Lipinski definition) is 6. The fraction of sp³-hybridized carbons (Fsp3) is 0.526. The second-order valence-corrected chi connectivity index (χ2v) is 8.41. The number of ether oxygens (including phenoxy) is 1. The molecule has 2 aliphatic rings. The summed E-state index contributed by atoms with van der Waals surface area (Å²) in [7, 11) is 1.89. The van der Waals surface area contributed by atoms with E-state index in [9.17, 15) is 18.0 Å². The molecule has 8 nitrogen and oxygen atoms in total. The number of carboxylic acids is 1. The SMILES string of the molecule is Cn1cccc1C(=O)NC[C@H]1CO[C@@H]2CN(Cc3nccs3)C[C@H]12.O=C(O)C(F)(F)F. The van der Waals surface area contributed by atoms with Crippen molar-refractivity contribution in [2.75, 3.05) is 26.2 Å². The average molecular weight is 460 g/mol. The second-order valence-electron chi connectivity index (χ2n) is 7.43. The molecule has 31 heavy (non-hydrogen) atoms. The van der Waals surface area contributed by atoms with E-state index in [4.69, 9.17) is 14.6 Å². The lowest BCUT2D eigenvalue weighted by Crippen LogP contribution is -2.34. The number of halogens is 3. The highest BCUT2D eigenvalue weighted by atomic mass is 32.1. The average Bonchev–Trinajstić information content (AvgIpc) is 3.46. The van der Waals surface area contributed by atoms with E-state index in [1.54, 1.807) is 11.3 Å². The summed E-state index contributed by atoms with van der Waals surface area (Å²) in [6, 6.07) is 3.73. The molecular formula is C19H23F3N4O4S. The molecule has 1 amide bonds. The zero-order chi connectivity index (χ0) is 22.6. The number of carboxylic acid groups (broad SMARTS) is 1. The molecule has 2 N–H and O–H groups in total. The zero-order valence-electron chi connectivity index (χ0n) is 16.7. The topological polar surface area (TPSA) is 96.7 Å². The summed E-state index contributed by atoms with van der Waals surface area (Å²) in [5.41, 5.74) is 0.697. The Morgan fingerprint density at radius 1 is 1.39 bits per heavy atom. The van der Waals surface area contributed by atoms with Crippen LogP contribution in [0.4, 0.5) is 13.2 Å². The van der Waals surface area contributed by atoms with Crippen LogP contribution in [0.2, 0.25) is 0 Å². The van der Waals surface area contributed by atoms with Gasteiger partial charge in [0.05, 0.1) is 19.3 Å². The van der Waals surface area contributed by atoms with Crippen molar-refractivity contribution in [3.8, 4) is 0 Å². The van der Waals surface area contributed by atoms with E-state index >= 15 is 0 Å². The van der Waals surface area contributed by atoms with Crippen LogP contribution in [0.1, 0.15) is 15.5 Å². The van der Waals surface area contributed by atoms with Crippen LogP contribution in [0.25, 0.3) is 0 Å². The van der Waals surface area contributed by atoms with Crippen molar-refractivity contribution < 1.29 is 32.6 Å². The Bertz CT molecular complexity index is 887. The van der Waals surface area contributed by atoms with Crippen LogP contribution < -0.4 is 5.32 Å². The Morgan fingerprint density at radius 3 is 2.71 bits per heavy atom. The predicted octanol–water partition coefficient (Wildman–Crippen LogP) is 1.99. The Hall–Kier alpha value is -2.44. The number of fused-ring (bicyclic) bond motifs is 1. The maximum absolute atomic E-state index is 12.3. The number of aryl methyl sites for hydroxylation is 1. The molecule has 3 atom stereocenters. The molecular weight excluding hydrogens is 437 g/mol. The largest absolute Gasteiger partial charge is 0.490 e. The fourth-order valence-corrected chi connectivity index (χ4v) is 4.41. The van der Waals surface area contributed by atoms with Gasteiger partial charge in [0, 0.05) is 56.3 Å². The first kappa shape index (κ1) is 23.2. The third-order valence-electron chi connectivity index (χ3n) is 5.30. The molecule has 4 heterocycles. The molecule has 2 fully saturated rings. The minimum absolute atomic E-state index is 0.0106. The zero-order valence-corrected chi connectivity index (χ0v) is 17.5. The van der Waals surface area contributed by atoms with E-state index in [0.717, 1.165) is 31.2 Å². The molecule has 12 heteroatoms. The molecule has 0 unspecified atom stereocenters. The number of amides is 1. The third-order valence-corrected chi connectivity index (χ3v) is 6.06. The lowest BCUT2D eigenvalue weighted by molar-refractivity contribution is -0.192. The molecule has 2 aromatic heterocycles. The molecule has 0 bridgehead atoms. The van der Waals surface area contributed by atoms with Crippen molar-refractivity contribution in [2.45, 2.75) is 18.8 Å². The summed E-state index contributed by atoms with van der Waals surface area (Å²) in [6.07, 6.45) is -1.05. The van der Waals surface area contributed by atoms with Gasteiger partial charge in [0.15, 0.2) is 0 Å². The van der Waals surface area contributed by atoms with Crippen LogP contribution >= 0.6 is 11.3 Å². The molecule has 0 aromatic carbocycles. The first-order valence-corrected chi connectivity index (χ1v) is 10.4. The molecule has 170 valence electrons. The first-order chi connectivity index (χ1) is 14.6. The number of carbonyl (C=O) groups excluding carboxylic acids is 1. The number of thiazole rings is 1. The molecule has 0 spiro atoms. The summed E-state index contributed by atoms with van der Waals surface area (Å²) in [4.78, 5) is 27.9. The minimum atomic E-state index is -5.08. The van der Waals surface area contributed by atoms with Gasteiger partial charge in [0.2, 0.25) is 0 Å². The number of likely N-dealkylation sites (tertiary alicyclic amines) is 1. The van der Waals surface area contributed by atoms with Gasteiger partial charge in [-0.15, -0.1) is 11.3 Å². The fourth-order valence-electron chi connectivity index (χ4n) is 3.75. The van der Waals surface area contributed by atoms with Gasteiger partial charge in [-0.25, -0.2) is 9.78 Å². The Kier molecular flexibility index (Phi) is 7.34. The van der Waals surface area contributed by atoms with E-state index in [-0.39, 0.29) is 5.91 Å². The third kappa shape index (κ3) is 6.05. The summed E-state index contributed by atoms with van der Waals surface area (Å²) in [5, 5.41) is 13.4. The number of alkyl halides is 3. The number of nitrogens with zero attached hydrogens (tertiary/aromatic N) is 3. The summed E-state index contributed by atoms with van der Waals surface area (Å²) < 4.78 is 39.5. The number of carbonyl (C=O) groups is 2. The highest BCUT2D eigenvalue weighted by Gasteiger charge is 2.43. The van der Waals surface area contributed by atoms with Gasteiger partial charge in [0.25, 0.3) is 5.91 Å². The smallest absolute Gasteiger partial charge is 0.475 e. The van der Waals surface area contributed by atoms with Crippen LogP contribution in [0.3, 0.4) is 0 Å². The number of aromatic nitrogens is 2. The van der Waals surface area contributed by atoms with E-state index in [1.807, 2.05) is 41.5 Å². The van der Waals surface area contributed by atoms with Crippen LogP contribution in [0, 0.1) is 11.8 Å². The van der Waals surface area contributed by atoms with E-state index in [2.05, 4.69) is 15.2 Å². The second kappa shape index (κ2) is 9.79. The Balaban J connectivity index is 0.000000339. The Labute approximate surface area is 180 Å². The van der Waals surface area contributed by atoms with Gasteiger partial charge in [0.1, 0.15) is 10.7 Å². The van der Waals surface area contributed by atoms with E-state index in [0.29, 0.717) is 30.2 Å². The van der Waals surface area contributed by atoms with Gasteiger partial charge in [-0.05, 0) is 12.1 Å². The van der Waals surface area contributed by atoms with Gasteiger partial charge in [-0.3, -0.25) is 9.69 Å². The van der Waals surface area contributed by atoms with Crippen LogP contribution in [0.5, 0.6) is 0 Å². The van der Waals surface area contributed by atoms with Crippen molar-refractivity contribution in [3.63, 3.8) is 0 Å². The highest BCUT2D eigenvalue weighted by Crippen LogP contribution is 2.34. The van der Waals surface area contributed by atoms with Gasteiger partial charge in [-0.2, -0.15) is 13.2 Å². The highest BCUT2D eigenvalue weighted by molar-refractivity contribution is 7.09. The van der Waals surface area contributed by atoms with Gasteiger partial charge < -0.3 is 19.7 Å². The number of hydrogen-bond donors (Lipinski definition) is 2. The predicted molar refractivity (Wildman–Crippen MR) is 106 cm³/mol. The van der Waals surface area contributed by atoms with Crippen molar-refractivity contribution in [2.24, 2.45) is 18.9 Å². The number of aliphatic carboxylic acids is 1. The summed E-state index contributed by atoms with van der Waals surface area (Å²) >= 11 is 1.70. The maximum Gasteiger partial charge on any atom is 0.490 e. The molecule has 2 aliphatic heterocycles. The van der Waals surface area contributed by atoms with E-state index < -0.39 is 12.1 Å². The number of nitrogens with one attached hydrogen (secondary N) is 1. The van der Waals surface area contributed by atoms with Crippen molar-refractivity contribution >= 4 is 23.2 Å². The monoisotopic (exact) mass is 460 g/mol. The molecule has 2 saturated heterocycles. The maximum atomic E-state index is 12.3. The molecule has 0 aliphatic carbocycles. The van der Waals surface area contributed by atoms with Crippen LogP contribution in [-0.4, -0.2) is 70.0 Å². The molecule has 4 rings (SSSR count). The van der Waals surface area contributed by atoms with Gasteiger partial charge in [-0.1, -0.05) is 0 Å². The molecule has 0 radical (unpaired) electrons.